The fourth-order valence-corrected chi connectivity index (χ4v) is 1.94. The van der Waals surface area contributed by atoms with Gasteiger partial charge in [0.1, 0.15) is 6.33 Å². The van der Waals surface area contributed by atoms with E-state index >= 15 is 0 Å². The SMILES string of the molecule is O=C(CCc1ccc(Cl)cc1Cl)Nc1ncn[nH]1. The van der Waals surface area contributed by atoms with E-state index in [1.54, 1.807) is 12.1 Å². The Bertz CT molecular complexity index is 542. The second kappa shape index (κ2) is 5.84. The molecule has 1 amide bonds. The van der Waals surface area contributed by atoms with Crippen molar-refractivity contribution < 1.29 is 4.79 Å². The van der Waals surface area contributed by atoms with Crippen LogP contribution in [0.5, 0.6) is 0 Å². The summed E-state index contributed by atoms with van der Waals surface area (Å²) in [6, 6.07) is 5.22. The number of rotatable bonds is 4. The Morgan fingerprint density at radius 2 is 2.22 bits per heavy atom. The number of carbonyl (C=O) groups excluding carboxylic acids is 1. The third-order valence-electron chi connectivity index (χ3n) is 2.31. The summed E-state index contributed by atoms with van der Waals surface area (Å²) in [5, 5.41) is 9.91. The number of H-pyrrole nitrogens is 1. The summed E-state index contributed by atoms with van der Waals surface area (Å²) in [4.78, 5) is 15.4. The first-order chi connectivity index (χ1) is 8.65. The summed E-state index contributed by atoms with van der Waals surface area (Å²) >= 11 is 11.8. The molecule has 0 spiro atoms. The van der Waals surface area contributed by atoms with Crippen molar-refractivity contribution in [3.63, 3.8) is 0 Å². The summed E-state index contributed by atoms with van der Waals surface area (Å²) in [6.07, 6.45) is 2.17. The van der Waals surface area contributed by atoms with Gasteiger partial charge in [-0.2, -0.15) is 10.1 Å². The van der Waals surface area contributed by atoms with Crippen molar-refractivity contribution in [2.45, 2.75) is 12.8 Å². The van der Waals surface area contributed by atoms with E-state index in [1.165, 1.54) is 6.33 Å². The van der Waals surface area contributed by atoms with Gasteiger partial charge < -0.3 is 0 Å². The molecular weight excluding hydrogens is 275 g/mol. The molecule has 5 nitrogen and oxygen atoms in total. The smallest absolute Gasteiger partial charge is 0.227 e. The highest BCUT2D eigenvalue weighted by atomic mass is 35.5. The molecule has 0 bridgehead atoms. The first kappa shape index (κ1) is 12.9. The third kappa shape index (κ3) is 3.45. The first-order valence-electron chi connectivity index (χ1n) is 5.24. The minimum Gasteiger partial charge on any atom is -0.295 e. The van der Waals surface area contributed by atoms with Crippen LogP contribution in [0.4, 0.5) is 5.95 Å². The summed E-state index contributed by atoms with van der Waals surface area (Å²) in [5.41, 5.74) is 0.883. The van der Waals surface area contributed by atoms with Gasteiger partial charge in [0.25, 0.3) is 0 Å². The van der Waals surface area contributed by atoms with Crippen molar-refractivity contribution in [3.8, 4) is 0 Å². The summed E-state index contributed by atoms with van der Waals surface area (Å²) < 4.78 is 0. The highest BCUT2D eigenvalue weighted by Gasteiger charge is 2.07. The number of aryl methyl sites for hydroxylation is 1. The van der Waals surface area contributed by atoms with Crippen LogP contribution >= 0.6 is 23.2 Å². The van der Waals surface area contributed by atoms with Gasteiger partial charge in [-0.1, -0.05) is 29.3 Å². The molecule has 94 valence electrons. The number of aromatic nitrogens is 3. The van der Waals surface area contributed by atoms with Crippen molar-refractivity contribution in [1.82, 2.24) is 15.2 Å². The van der Waals surface area contributed by atoms with E-state index in [9.17, 15) is 4.79 Å². The zero-order valence-electron chi connectivity index (χ0n) is 9.28. The van der Waals surface area contributed by atoms with E-state index in [0.29, 0.717) is 28.8 Å². The molecule has 0 aliphatic heterocycles. The number of nitrogens with one attached hydrogen (secondary N) is 2. The largest absolute Gasteiger partial charge is 0.295 e. The Morgan fingerprint density at radius 1 is 1.39 bits per heavy atom. The Balaban J connectivity index is 1.89. The Morgan fingerprint density at radius 3 is 2.89 bits per heavy atom. The Labute approximate surface area is 114 Å². The van der Waals surface area contributed by atoms with Crippen LogP contribution in [-0.4, -0.2) is 21.1 Å². The predicted octanol–water partition coefficient (Wildman–Crippen LogP) is 2.68. The van der Waals surface area contributed by atoms with Crippen LogP contribution in [0.25, 0.3) is 0 Å². The lowest BCUT2D eigenvalue weighted by molar-refractivity contribution is -0.116. The molecule has 0 radical (unpaired) electrons. The number of carbonyl (C=O) groups is 1. The molecular formula is C11H10Cl2N4O. The number of hydrogen-bond donors (Lipinski definition) is 2. The molecule has 0 saturated carbocycles. The minimum atomic E-state index is -0.155. The zero-order chi connectivity index (χ0) is 13.0. The number of anilines is 1. The van der Waals surface area contributed by atoms with Gasteiger partial charge in [0.2, 0.25) is 11.9 Å². The van der Waals surface area contributed by atoms with Gasteiger partial charge in [0.15, 0.2) is 0 Å². The number of benzene rings is 1. The number of aromatic amines is 1. The van der Waals surface area contributed by atoms with Crippen LogP contribution in [0, 0.1) is 0 Å². The maximum atomic E-state index is 11.6. The average molecular weight is 285 g/mol. The zero-order valence-corrected chi connectivity index (χ0v) is 10.8. The third-order valence-corrected chi connectivity index (χ3v) is 2.90. The average Bonchev–Trinajstić information content (AvgIpc) is 2.80. The van der Waals surface area contributed by atoms with Crippen molar-refractivity contribution in [3.05, 3.63) is 40.1 Å². The minimum absolute atomic E-state index is 0.155. The summed E-state index contributed by atoms with van der Waals surface area (Å²) in [7, 11) is 0. The van der Waals surface area contributed by atoms with Crippen LogP contribution in [0.1, 0.15) is 12.0 Å². The van der Waals surface area contributed by atoms with Crippen molar-refractivity contribution >= 4 is 35.1 Å². The number of nitrogens with zero attached hydrogens (tertiary/aromatic N) is 2. The van der Waals surface area contributed by atoms with Gasteiger partial charge in [-0.05, 0) is 24.1 Å². The molecule has 2 N–H and O–H groups in total. The molecule has 1 heterocycles. The normalized spacial score (nSPS) is 10.3. The number of amides is 1. The molecule has 0 unspecified atom stereocenters. The highest BCUT2D eigenvalue weighted by molar-refractivity contribution is 6.35. The topological polar surface area (TPSA) is 70.7 Å². The van der Waals surface area contributed by atoms with Crippen LogP contribution < -0.4 is 5.32 Å². The van der Waals surface area contributed by atoms with Crippen molar-refractivity contribution in [2.24, 2.45) is 0 Å². The van der Waals surface area contributed by atoms with Gasteiger partial charge >= 0.3 is 0 Å². The van der Waals surface area contributed by atoms with Gasteiger partial charge in [0.05, 0.1) is 0 Å². The van der Waals surface area contributed by atoms with Gasteiger partial charge in [-0.25, -0.2) is 5.10 Å². The lowest BCUT2D eigenvalue weighted by atomic mass is 10.1. The molecule has 0 saturated heterocycles. The lowest BCUT2D eigenvalue weighted by Crippen LogP contribution is -2.13. The molecule has 2 aromatic rings. The summed E-state index contributed by atoms with van der Waals surface area (Å²) in [6.45, 7) is 0. The van der Waals surface area contributed by atoms with Gasteiger partial charge in [-0.15, -0.1) is 0 Å². The molecule has 0 fully saturated rings. The van der Waals surface area contributed by atoms with Gasteiger partial charge in [0, 0.05) is 16.5 Å². The van der Waals surface area contributed by atoms with Crippen LogP contribution in [0.2, 0.25) is 10.0 Å². The number of hydrogen-bond acceptors (Lipinski definition) is 3. The molecule has 7 heteroatoms. The van der Waals surface area contributed by atoms with Crippen molar-refractivity contribution in [1.29, 1.82) is 0 Å². The van der Waals surface area contributed by atoms with Gasteiger partial charge in [-0.3, -0.25) is 10.1 Å². The molecule has 18 heavy (non-hydrogen) atoms. The monoisotopic (exact) mass is 284 g/mol. The van der Waals surface area contributed by atoms with Crippen LogP contribution in [0.15, 0.2) is 24.5 Å². The maximum Gasteiger partial charge on any atom is 0.227 e. The molecule has 1 aromatic heterocycles. The van der Waals surface area contributed by atoms with E-state index in [4.69, 9.17) is 23.2 Å². The fourth-order valence-electron chi connectivity index (χ4n) is 1.43. The highest BCUT2D eigenvalue weighted by Crippen LogP contribution is 2.22. The second-order valence-electron chi connectivity index (χ2n) is 3.62. The quantitative estimate of drug-likeness (QED) is 0.907. The maximum absolute atomic E-state index is 11.6. The second-order valence-corrected chi connectivity index (χ2v) is 4.46. The first-order valence-corrected chi connectivity index (χ1v) is 6.00. The van der Waals surface area contributed by atoms with Crippen LogP contribution in [0.3, 0.4) is 0 Å². The van der Waals surface area contributed by atoms with E-state index in [1.807, 2.05) is 6.07 Å². The Hall–Kier alpha value is -1.59. The lowest BCUT2D eigenvalue weighted by Gasteiger charge is -2.04. The molecule has 1 aromatic carbocycles. The number of halogens is 2. The fraction of sp³-hybridized carbons (Fsp3) is 0.182. The standard InChI is InChI=1S/C11H10Cl2N4O/c12-8-3-1-7(9(13)5-8)2-4-10(18)16-11-14-6-15-17-11/h1,3,5-6H,2,4H2,(H2,14,15,16,17,18). The van der Waals surface area contributed by atoms with E-state index in [0.717, 1.165) is 5.56 Å². The van der Waals surface area contributed by atoms with E-state index in [2.05, 4.69) is 20.5 Å². The van der Waals surface area contributed by atoms with Crippen molar-refractivity contribution in [2.75, 3.05) is 5.32 Å². The Kier molecular flexibility index (Phi) is 4.17. The molecule has 0 atom stereocenters. The van der Waals surface area contributed by atoms with E-state index in [-0.39, 0.29) is 5.91 Å². The molecule has 0 aliphatic rings. The predicted molar refractivity (Wildman–Crippen MR) is 69.8 cm³/mol. The van der Waals surface area contributed by atoms with Crippen LogP contribution in [-0.2, 0) is 11.2 Å². The molecule has 2 rings (SSSR count). The summed E-state index contributed by atoms with van der Waals surface area (Å²) in [5.74, 6) is 0.181. The molecule has 0 aliphatic carbocycles. The van der Waals surface area contributed by atoms with E-state index < -0.39 is 0 Å².